The number of aromatic nitrogens is 1. The van der Waals surface area contributed by atoms with Gasteiger partial charge < -0.3 is 14.8 Å². The molecule has 0 radical (unpaired) electrons. The van der Waals surface area contributed by atoms with Crippen molar-refractivity contribution < 1.29 is 19.4 Å². The van der Waals surface area contributed by atoms with E-state index in [2.05, 4.69) is 16.9 Å². The number of carbonyl (C=O) groups excluding carboxylic acids is 1. The van der Waals surface area contributed by atoms with Crippen molar-refractivity contribution in [3.8, 4) is 0 Å². The first-order valence-corrected chi connectivity index (χ1v) is 5.51. The van der Waals surface area contributed by atoms with E-state index < -0.39 is 12.1 Å². The summed E-state index contributed by atoms with van der Waals surface area (Å²) >= 11 is 0. The van der Waals surface area contributed by atoms with Gasteiger partial charge in [0.25, 0.3) is 0 Å². The molecule has 0 bridgehead atoms. The van der Waals surface area contributed by atoms with Gasteiger partial charge in [-0.15, -0.1) is 0 Å². The summed E-state index contributed by atoms with van der Waals surface area (Å²) in [5.74, 6) is -1.06. The molecule has 2 rings (SSSR count). The molecular weight excluding hydrogens is 248 g/mol. The second-order valence-corrected chi connectivity index (χ2v) is 3.78. The number of hydrogen-bond acceptors (Lipinski definition) is 3. The Morgan fingerprint density at radius 2 is 2.26 bits per heavy atom. The molecule has 0 aliphatic carbocycles. The maximum absolute atomic E-state index is 11.4. The number of ether oxygens (including phenoxy) is 1. The molecule has 0 saturated heterocycles. The largest absolute Gasteiger partial charge is 0.478 e. The third kappa shape index (κ3) is 2.74. The monoisotopic (exact) mass is 260 g/mol. The van der Waals surface area contributed by atoms with Crippen LogP contribution in [0.15, 0.2) is 37.1 Å². The van der Waals surface area contributed by atoms with E-state index in [-0.39, 0.29) is 12.2 Å². The number of benzene rings is 1. The number of carboxylic acid groups (broad SMARTS) is 1. The van der Waals surface area contributed by atoms with E-state index in [0.29, 0.717) is 16.6 Å². The Bertz CT molecular complexity index is 645. The Morgan fingerprint density at radius 3 is 2.95 bits per heavy atom. The lowest BCUT2D eigenvalue weighted by molar-refractivity contribution is 0.0699. The van der Waals surface area contributed by atoms with Gasteiger partial charge in [-0.1, -0.05) is 12.7 Å². The number of anilines is 1. The lowest BCUT2D eigenvalue weighted by Gasteiger charge is -2.07. The van der Waals surface area contributed by atoms with Crippen LogP contribution in [-0.4, -0.2) is 28.8 Å². The van der Waals surface area contributed by atoms with Crippen molar-refractivity contribution in [2.45, 2.75) is 0 Å². The van der Waals surface area contributed by atoms with Crippen LogP contribution in [0.5, 0.6) is 0 Å². The van der Waals surface area contributed by atoms with E-state index >= 15 is 0 Å². The Labute approximate surface area is 108 Å². The van der Waals surface area contributed by atoms with E-state index in [4.69, 9.17) is 9.84 Å². The second kappa shape index (κ2) is 5.26. The number of aromatic amines is 1. The Morgan fingerprint density at radius 1 is 1.47 bits per heavy atom. The predicted octanol–water partition coefficient (Wildman–Crippen LogP) is 2.60. The normalized spacial score (nSPS) is 10.1. The number of hydrogen-bond donors (Lipinski definition) is 3. The molecule has 0 aliphatic heterocycles. The molecule has 2 aromatic rings. The van der Waals surface area contributed by atoms with Crippen molar-refractivity contribution in [3.63, 3.8) is 0 Å². The molecule has 1 heterocycles. The van der Waals surface area contributed by atoms with Crippen molar-refractivity contribution in [3.05, 3.63) is 42.6 Å². The van der Waals surface area contributed by atoms with Crippen LogP contribution in [0.1, 0.15) is 10.4 Å². The lowest BCUT2D eigenvalue weighted by atomic mass is 10.1. The van der Waals surface area contributed by atoms with Gasteiger partial charge in [0.1, 0.15) is 6.61 Å². The zero-order valence-electron chi connectivity index (χ0n) is 9.97. The van der Waals surface area contributed by atoms with Crippen molar-refractivity contribution in [2.75, 3.05) is 11.9 Å². The lowest BCUT2D eigenvalue weighted by Crippen LogP contribution is -2.14. The number of carboxylic acids is 1. The zero-order valence-corrected chi connectivity index (χ0v) is 9.97. The molecule has 1 amide bonds. The third-order valence-electron chi connectivity index (χ3n) is 2.48. The molecular formula is C13H12N2O4. The summed E-state index contributed by atoms with van der Waals surface area (Å²) in [6, 6.07) is 4.68. The summed E-state index contributed by atoms with van der Waals surface area (Å²) < 4.78 is 4.76. The topological polar surface area (TPSA) is 91.4 Å². The molecule has 3 N–H and O–H groups in total. The van der Waals surface area contributed by atoms with Gasteiger partial charge in [0.15, 0.2) is 0 Å². The molecule has 19 heavy (non-hydrogen) atoms. The van der Waals surface area contributed by atoms with Gasteiger partial charge in [0, 0.05) is 22.8 Å². The number of aromatic carboxylic acids is 1. The van der Waals surface area contributed by atoms with Crippen LogP contribution < -0.4 is 5.32 Å². The number of H-pyrrole nitrogens is 1. The minimum atomic E-state index is -1.06. The van der Waals surface area contributed by atoms with Crippen LogP contribution >= 0.6 is 0 Å². The highest BCUT2D eigenvalue weighted by Gasteiger charge is 2.12. The van der Waals surface area contributed by atoms with Crippen LogP contribution in [0.3, 0.4) is 0 Å². The van der Waals surface area contributed by atoms with Crippen LogP contribution in [0, 0.1) is 0 Å². The summed E-state index contributed by atoms with van der Waals surface area (Å²) in [6.07, 6.45) is 2.41. The summed E-state index contributed by atoms with van der Waals surface area (Å²) in [6.45, 7) is 3.51. The van der Waals surface area contributed by atoms with Gasteiger partial charge >= 0.3 is 12.1 Å². The SMILES string of the molecule is C=CCOC(=O)Nc1cc(C(=O)O)c2cc[nH]c2c1. The van der Waals surface area contributed by atoms with Gasteiger partial charge in [-0.25, -0.2) is 9.59 Å². The summed E-state index contributed by atoms with van der Waals surface area (Å²) in [5.41, 5.74) is 1.08. The van der Waals surface area contributed by atoms with Crippen LogP contribution in [0.4, 0.5) is 10.5 Å². The summed E-state index contributed by atoms with van der Waals surface area (Å²) in [4.78, 5) is 25.4. The van der Waals surface area contributed by atoms with E-state index in [0.717, 1.165) is 0 Å². The number of amides is 1. The fourth-order valence-corrected chi connectivity index (χ4v) is 1.70. The molecule has 0 spiro atoms. The molecule has 98 valence electrons. The van der Waals surface area contributed by atoms with Crippen molar-refractivity contribution in [2.24, 2.45) is 0 Å². The fraction of sp³-hybridized carbons (Fsp3) is 0.0769. The minimum Gasteiger partial charge on any atom is -0.478 e. The highest BCUT2D eigenvalue weighted by atomic mass is 16.5. The second-order valence-electron chi connectivity index (χ2n) is 3.78. The van der Waals surface area contributed by atoms with Crippen molar-refractivity contribution >= 4 is 28.7 Å². The summed E-state index contributed by atoms with van der Waals surface area (Å²) in [5, 5.41) is 12.2. The van der Waals surface area contributed by atoms with E-state index in [1.807, 2.05) is 0 Å². The van der Waals surface area contributed by atoms with Crippen LogP contribution in [-0.2, 0) is 4.74 Å². The Balaban J connectivity index is 2.31. The number of rotatable bonds is 4. The first-order valence-electron chi connectivity index (χ1n) is 5.51. The predicted molar refractivity (Wildman–Crippen MR) is 70.4 cm³/mol. The number of fused-ring (bicyclic) bond motifs is 1. The zero-order chi connectivity index (χ0) is 13.8. The maximum Gasteiger partial charge on any atom is 0.411 e. The molecule has 0 saturated carbocycles. The van der Waals surface area contributed by atoms with Crippen molar-refractivity contribution in [1.82, 2.24) is 4.98 Å². The van der Waals surface area contributed by atoms with Crippen molar-refractivity contribution in [1.29, 1.82) is 0 Å². The number of carbonyl (C=O) groups is 2. The molecule has 0 fully saturated rings. The van der Waals surface area contributed by atoms with E-state index in [1.54, 1.807) is 18.3 Å². The first kappa shape index (κ1) is 12.7. The average molecular weight is 260 g/mol. The highest BCUT2D eigenvalue weighted by molar-refractivity contribution is 6.05. The minimum absolute atomic E-state index is 0.0857. The van der Waals surface area contributed by atoms with E-state index in [1.165, 1.54) is 12.1 Å². The molecule has 0 unspecified atom stereocenters. The Hall–Kier alpha value is -2.76. The third-order valence-corrected chi connectivity index (χ3v) is 2.48. The molecule has 6 nitrogen and oxygen atoms in total. The molecule has 6 heteroatoms. The molecule has 1 aromatic heterocycles. The van der Waals surface area contributed by atoms with Gasteiger partial charge in [-0.05, 0) is 18.2 Å². The van der Waals surface area contributed by atoms with Gasteiger partial charge in [0.05, 0.1) is 5.56 Å². The van der Waals surface area contributed by atoms with Crippen LogP contribution in [0.2, 0.25) is 0 Å². The van der Waals surface area contributed by atoms with E-state index in [9.17, 15) is 9.59 Å². The van der Waals surface area contributed by atoms with Gasteiger partial charge in [0.2, 0.25) is 0 Å². The standard InChI is InChI=1S/C13H12N2O4/c1-2-5-19-13(18)15-8-6-10(12(16)17)9-3-4-14-11(9)7-8/h2-4,6-7,14H,1,5H2,(H,15,18)(H,16,17). The molecule has 0 atom stereocenters. The Kier molecular flexibility index (Phi) is 3.51. The molecule has 0 aliphatic rings. The van der Waals surface area contributed by atoms with Gasteiger partial charge in [-0.3, -0.25) is 5.32 Å². The smallest absolute Gasteiger partial charge is 0.411 e. The fourth-order valence-electron chi connectivity index (χ4n) is 1.70. The maximum atomic E-state index is 11.4. The average Bonchev–Trinajstić information content (AvgIpc) is 2.83. The quantitative estimate of drug-likeness (QED) is 0.737. The molecule has 1 aromatic carbocycles. The first-order chi connectivity index (χ1) is 9.11. The van der Waals surface area contributed by atoms with Gasteiger partial charge in [-0.2, -0.15) is 0 Å². The highest BCUT2D eigenvalue weighted by Crippen LogP contribution is 2.23. The summed E-state index contributed by atoms with van der Waals surface area (Å²) in [7, 11) is 0. The van der Waals surface area contributed by atoms with Crippen LogP contribution in [0.25, 0.3) is 10.9 Å². The number of nitrogens with one attached hydrogen (secondary N) is 2.